The Morgan fingerprint density at radius 3 is 2.46 bits per heavy atom. The van der Waals surface area contributed by atoms with E-state index in [1.807, 2.05) is 30.5 Å². The lowest BCUT2D eigenvalue weighted by Gasteiger charge is -2.12. The lowest BCUT2D eigenvalue weighted by molar-refractivity contribution is -0.148. The minimum atomic E-state index is -1.14. The number of halogens is 2. The van der Waals surface area contributed by atoms with Gasteiger partial charge in [-0.05, 0) is 49.1 Å². The summed E-state index contributed by atoms with van der Waals surface area (Å²) in [6.07, 6.45) is 3.59. The Labute approximate surface area is 154 Å². The molecule has 4 nitrogen and oxygen atoms in total. The quantitative estimate of drug-likeness (QED) is 0.464. The number of carbonyl (C=O) groups is 2. The van der Waals surface area contributed by atoms with Gasteiger partial charge in [-0.3, -0.25) is 4.79 Å². The minimum Gasteiger partial charge on any atom is -0.449 e. The van der Waals surface area contributed by atoms with Crippen LogP contribution in [0.25, 0.3) is 6.08 Å². The van der Waals surface area contributed by atoms with Gasteiger partial charge < -0.3 is 10.1 Å². The Kier molecular flexibility index (Phi) is 6.91. The topological polar surface area (TPSA) is 55.4 Å². The smallest absolute Gasteiger partial charge is 0.331 e. The second-order valence-electron chi connectivity index (χ2n) is 5.30. The van der Waals surface area contributed by atoms with Gasteiger partial charge in [0.05, 0.1) is 5.69 Å². The summed E-state index contributed by atoms with van der Waals surface area (Å²) in [6.45, 7) is 1.36. The molecule has 0 heterocycles. The zero-order chi connectivity index (χ0) is 19.1. The third-order valence-corrected chi connectivity index (χ3v) is 4.12. The number of hydrogen-bond acceptors (Lipinski definition) is 4. The molecular weight excluding hydrogens is 360 g/mol. The molecule has 0 saturated carbocycles. The highest BCUT2D eigenvalue weighted by molar-refractivity contribution is 7.98. The van der Waals surface area contributed by atoms with Crippen LogP contribution in [0.15, 0.2) is 53.4 Å². The van der Waals surface area contributed by atoms with Gasteiger partial charge in [0.25, 0.3) is 5.91 Å². The van der Waals surface area contributed by atoms with E-state index < -0.39 is 29.6 Å². The van der Waals surface area contributed by atoms with Crippen molar-refractivity contribution in [2.75, 3.05) is 11.6 Å². The molecule has 0 aromatic heterocycles. The Balaban J connectivity index is 1.90. The van der Waals surface area contributed by atoms with Gasteiger partial charge in [0.15, 0.2) is 6.10 Å². The number of rotatable bonds is 6. The van der Waals surface area contributed by atoms with Gasteiger partial charge in [-0.25, -0.2) is 13.6 Å². The summed E-state index contributed by atoms with van der Waals surface area (Å²) in [4.78, 5) is 24.9. The summed E-state index contributed by atoms with van der Waals surface area (Å²) in [5.41, 5.74) is 0.619. The number of esters is 1. The highest BCUT2D eigenvalue weighted by Gasteiger charge is 2.18. The van der Waals surface area contributed by atoms with E-state index in [2.05, 4.69) is 5.32 Å². The number of anilines is 1. The lowest BCUT2D eigenvalue weighted by atomic mass is 10.2. The first kappa shape index (κ1) is 19.7. The van der Waals surface area contributed by atoms with Crippen molar-refractivity contribution in [1.29, 1.82) is 0 Å². The standard InChI is InChI=1S/C19H17F2NO3S/c1-12(19(24)22-17-9-6-14(20)11-16(17)21)25-18(23)10-5-13-3-7-15(26-2)8-4-13/h3-12H,1-2H3,(H,22,24)/b10-5+/t12-/m1/s1. The zero-order valence-corrected chi connectivity index (χ0v) is 15.0. The number of ether oxygens (including phenoxy) is 1. The Morgan fingerprint density at radius 2 is 1.85 bits per heavy atom. The SMILES string of the molecule is CSc1ccc(/C=C/C(=O)O[C@H](C)C(=O)Nc2ccc(F)cc2F)cc1. The summed E-state index contributed by atoms with van der Waals surface area (Å²) >= 11 is 1.61. The first-order valence-electron chi connectivity index (χ1n) is 7.67. The van der Waals surface area contributed by atoms with Crippen molar-refractivity contribution >= 4 is 35.4 Å². The van der Waals surface area contributed by atoms with Crippen LogP contribution in [0, 0.1) is 11.6 Å². The largest absolute Gasteiger partial charge is 0.449 e. The van der Waals surface area contributed by atoms with Crippen LogP contribution in [0.3, 0.4) is 0 Å². The number of amides is 1. The first-order valence-corrected chi connectivity index (χ1v) is 8.90. The van der Waals surface area contributed by atoms with Gasteiger partial charge in [0.1, 0.15) is 11.6 Å². The van der Waals surface area contributed by atoms with Crippen LogP contribution < -0.4 is 5.32 Å². The second kappa shape index (κ2) is 9.15. The van der Waals surface area contributed by atoms with Crippen molar-refractivity contribution < 1.29 is 23.1 Å². The molecule has 0 fully saturated rings. The summed E-state index contributed by atoms with van der Waals surface area (Å²) in [6, 6.07) is 10.3. The van der Waals surface area contributed by atoms with E-state index in [9.17, 15) is 18.4 Å². The van der Waals surface area contributed by atoms with Crippen LogP contribution in [0.2, 0.25) is 0 Å². The maximum absolute atomic E-state index is 13.5. The molecule has 7 heteroatoms. The molecule has 26 heavy (non-hydrogen) atoms. The third kappa shape index (κ3) is 5.70. The second-order valence-corrected chi connectivity index (χ2v) is 6.18. The van der Waals surface area contributed by atoms with Crippen molar-refractivity contribution in [1.82, 2.24) is 0 Å². The predicted molar refractivity (Wildman–Crippen MR) is 97.8 cm³/mol. The average Bonchev–Trinajstić information content (AvgIpc) is 2.62. The first-order chi connectivity index (χ1) is 12.4. The van der Waals surface area contributed by atoms with Gasteiger partial charge in [0.2, 0.25) is 0 Å². The monoisotopic (exact) mass is 377 g/mol. The molecule has 1 atom stereocenters. The van der Waals surface area contributed by atoms with Crippen LogP contribution in [0.4, 0.5) is 14.5 Å². The van der Waals surface area contributed by atoms with E-state index in [1.54, 1.807) is 17.8 Å². The lowest BCUT2D eigenvalue weighted by Crippen LogP contribution is -2.29. The molecule has 0 radical (unpaired) electrons. The Morgan fingerprint density at radius 1 is 1.15 bits per heavy atom. The minimum absolute atomic E-state index is 0.191. The molecule has 0 aliphatic rings. The fraction of sp³-hybridized carbons (Fsp3) is 0.158. The Hall–Kier alpha value is -2.67. The van der Waals surface area contributed by atoms with Crippen LogP contribution in [0.1, 0.15) is 12.5 Å². The van der Waals surface area contributed by atoms with E-state index in [1.165, 1.54) is 13.0 Å². The Bertz CT molecular complexity index is 822. The van der Waals surface area contributed by atoms with Crippen molar-refractivity contribution in [3.63, 3.8) is 0 Å². The van der Waals surface area contributed by atoms with Gasteiger partial charge in [-0.2, -0.15) is 0 Å². The molecule has 2 aromatic rings. The molecule has 0 aliphatic heterocycles. The van der Waals surface area contributed by atoms with E-state index in [4.69, 9.17) is 4.74 Å². The fourth-order valence-corrected chi connectivity index (χ4v) is 2.38. The van der Waals surface area contributed by atoms with Crippen LogP contribution in [0.5, 0.6) is 0 Å². The molecule has 0 spiro atoms. The summed E-state index contributed by atoms with van der Waals surface area (Å²) < 4.78 is 31.4. The number of nitrogens with one attached hydrogen (secondary N) is 1. The summed E-state index contributed by atoms with van der Waals surface area (Å²) in [7, 11) is 0. The molecule has 0 bridgehead atoms. The maximum atomic E-state index is 13.5. The number of carbonyl (C=O) groups excluding carboxylic acids is 2. The normalized spacial score (nSPS) is 12.0. The van der Waals surface area contributed by atoms with Gasteiger partial charge >= 0.3 is 5.97 Å². The zero-order valence-electron chi connectivity index (χ0n) is 14.2. The van der Waals surface area contributed by atoms with E-state index in [0.717, 1.165) is 22.6 Å². The highest BCUT2D eigenvalue weighted by atomic mass is 32.2. The predicted octanol–water partition coefficient (Wildman–Crippen LogP) is 4.27. The molecule has 136 valence electrons. The van der Waals surface area contributed by atoms with Crippen LogP contribution in [-0.2, 0) is 14.3 Å². The van der Waals surface area contributed by atoms with E-state index in [-0.39, 0.29) is 5.69 Å². The molecule has 0 aliphatic carbocycles. The number of hydrogen-bond donors (Lipinski definition) is 1. The van der Waals surface area contributed by atoms with E-state index >= 15 is 0 Å². The molecule has 2 aromatic carbocycles. The van der Waals surface area contributed by atoms with Gasteiger partial charge in [-0.1, -0.05) is 12.1 Å². The number of benzene rings is 2. The maximum Gasteiger partial charge on any atom is 0.331 e. The van der Waals surface area contributed by atoms with E-state index in [0.29, 0.717) is 6.07 Å². The summed E-state index contributed by atoms with van der Waals surface area (Å²) in [5.74, 6) is -3.09. The van der Waals surface area contributed by atoms with Crippen molar-refractivity contribution in [2.24, 2.45) is 0 Å². The fourth-order valence-electron chi connectivity index (χ4n) is 1.97. The van der Waals surface area contributed by atoms with Gasteiger partial charge in [-0.15, -0.1) is 11.8 Å². The van der Waals surface area contributed by atoms with Crippen molar-refractivity contribution in [3.8, 4) is 0 Å². The summed E-state index contributed by atoms with van der Waals surface area (Å²) in [5, 5.41) is 2.24. The average molecular weight is 377 g/mol. The molecule has 0 unspecified atom stereocenters. The molecular formula is C19H17F2NO3S. The van der Waals surface area contributed by atoms with Crippen molar-refractivity contribution in [2.45, 2.75) is 17.9 Å². The van der Waals surface area contributed by atoms with Crippen LogP contribution in [-0.4, -0.2) is 24.2 Å². The van der Waals surface area contributed by atoms with Crippen LogP contribution >= 0.6 is 11.8 Å². The highest BCUT2D eigenvalue weighted by Crippen LogP contribution is 2.16. The molecule has 1 amide bonds. The van der Waals surface area contributed by atoms with Gasteiger partial charge in [0, 0.05) is 17.0 Å². The van der Waals surface area contributed by atoms with Crippen molar-refractivity contribution in [3.05, 3.63) is 65.7 Å². The molecule has 0 saturated heterocycles. The molecule has 2 rings (SSSR count). The third-order valence-electron chi connectivity index (χ3n) is 3.38. The molecule has 1 N–H and O–H groups in total. The number of thioether (sulfide) groups is 1.